The van der Waals surface area contributed by atoms with Gasteiger partial charge >= 0.3 is 0 Å². The maximum atomic E-state index is 2.27. The monoisotopic (exact) mass is 250 g/mol. The summed E-state index contributed by atoms with van der Waals surface area (Å²) in [5.41, 5.74) is 5.45. The quantitative estimate of drug-likeness (QED) is 0.631. The highest BCUT2D eigenvalue weighted by Gasteiger charge is 2.11. The van der Waals surface area contributed by atoms with Crippen LogP contribution in [0.2, 0.25) is 0 Å². The highest BCUT2D eigenvalue weighted by molar-refractivity contribution is 5.66. The fourth-order valence-corrected chi connectivity index (χ4v) is 1.87. The molecule has 0 atom stereocenters. The van der Waals surface area contributed by atoms with E-state index in [0.717, 1.165) is 0 Å². The van der Waals surface area contributed by atoms with Crippen LogP contribution < -0.4 is 0 Å². The molecule has 0 amide bonds. The molecule has 0 heterocycles. The predicted molar refractivity (Wildman–Crippen MR) is 85.0 cm³/mol. The third-order valence-electron chi connectivity index (χ3n) is 3.58. The minimum absolute atomic E-state index is 0.234. The van der Waals surface area contributed by atoms with Crippen LogP contribution in [0.3, 0.4) is 0 Å². The molecule has 0 spiro atoms. The third kappa shape index (κ3) is 3.57. The van der Waals surface area contributed by atoms with Gasteiger partial charge < -0.3 is 0 Å². The second-order valence-corrected chi connectivity index (χ2v) is 6.07. The van der Waals surface area contributed by atoms with Crippen molar-refractivity contribution in [2.75, 3.05) is 0 Å². The van der Waals surface area contributed by atoms with E-state index in [9.17, 15) is 0 Å². The third-order valence-corrected chi connectivity index (χ3v) is 3.58. The predicted octanol–water partition coefficient (Wildman–Crippen LogP) is 5.80. The Morgan fingerprint density at radius 3 is 1.84 bits per heavy atom. The summed E-state index contributed by atoms with van der Waals surface area (Å²) in [5, 5.41) is 0. The molecule has 0 radical (unpaired) electrons. The molecule has 0 unspecified atom stereocenters. The summed E-state index contributed by atoms with van der Waals surface area (Å²) >= 11 is 0. The molecular formula is C19H22. The number of allylic oxidation sites excluding steroid dienone is 1. The molecule has 0 aliphatic carbocycles. The molecule has 0 aromatic heterocycles. The van der Waals surface area contributed by atoms with Crippen LogP contribution in [0.4, 0.5) is 0 Å². The Morgan fingerprint density at radius 2 is 1.32 bits per heavy atom. The minimum atomic E-state index is 0.234. The van der Waals surface area contributed by atoms with Gasteiger partial charge in [0, 0.05) is 0 Å². The van der Waals surface area contributed by atoms with Crippen molar-refractivity contribution in [1.82, 2.24) is 0 Å². The van der Waals surface area contributed by atoms with Crippen molar-refractivity contribution in [3.05, 3.63) is 65.7 Å². The fraction of sp³-hybridized carbons (Fsp3) is 0.263. The summed E-state index contributed by atoms with van der Waals surface area (Å²) in [4.78, 5) is 0. The lowest BCUT2D eigenvalue weighted by molar-refractivity contribution is 0.508. The van der Waals surface area contributed by atoms with Gasteiger partial charge in [-0.25, -0.2) is 0 Å². The van der Waals surface area contributed by atoms with Crippen LogP contribution in [0.25, 0.3) is 17.2 Å². The molecule has 98 valence electrons. The summed E-state index contributed by atoms with van der Waals surface area (Å²) in [6.45, 7) is 8.94. The molecule has 0 aliphatic rings. The van der Waals surface area contributed by atoms with Gasteiger partial charge in [-0.2, -0.15) is 0 Å². The molecule has 2 aromatic rings. The van der Waals surface area contributed by atoms with E-state index in [2.05, 4.69) is 82.3 Å². The molecular weight excluding hydrogens is 228 g/mol. The largest absolute Gasteiger partial charge is 0.0674 e. The van der Waals surface area contributed by atoms with Gasteiger partial charge in [0.05, 0.1) is 0 Å². The Kier molecular flexibility index (Phi) is 3.90. The van der Waals surface area contributed by atoms with Gasteiger partial charge in [-0.3, -0.25) is 0 Å². The highest BCUT2D eigenvalue weighted by Crippen LogP contribution is 2.27. The van der Waals surface area contributed by atoms with E-state index >= 15 is 0 Å². The number of hydrogen-bond donors (Lipinski definition) is 0. The summed E-state index contributed by atoms with van der Waals surface area (Å²) in [6.07, 6.45) is 2.27. The lowest BCUT2D eigenvalue weighted by Crippen LogP contribution is -2.05. The van der Waals surface area contributed by atoms with E-state index in [0.29, 0.717) is 0 Å². The molecule has 2 aromatic carbocycles. The van der Waals surface area contributed by atoms with Crippen LogP contribution in [0, 0.1) is 5.41 Å². The van der Waals surface area contributed by atoms with Crippen LogP contribution in [0.5, 0.6) is 0 Å². The summed E-state index contributed by atoms with van der Waals surface area (Å²) in [7, 11) is 0. The average Bonchev–Trinajstić information content (AvgIpc) is 2.39. The summed E-state index contributed by atoms with van der Waals surface area (Å²) in [5.74, 6) is 0. The molecule has 0 N–H and O–H groups in total. The van der Waals surface area contributed by atoms with Gasteiger partial charge in [-0.15, -0.1) is 0 Å². The van der Waals surface area contributed by atoms with Gasteiger partial charge in [-0.05, 0) is 29.0 Å². The molecule has 2 rings (SSSR count). The Bertz CT molecular complexity index is 551. The summed E-state index contributed by atoms with van der Waals surface area (Å²) < 4.78 is 0. The average molecular weight is 250 g/mol. The first-order chi connectivity index (χ1) is 8.97. The second-order valence-electron chi connectivity index (χ2n) is 6.07. The number of rotatable bonds is 2. The van der Waals surface area contributed by atoms with Crippen molar-refractivity contribution in [2.45, 2.75) is 27.7 Å². The van der Waals surface area contributed by atoms with E-state index in [4.69, 9.17) is 0 Å². The van der Waals surface area contributed by atoms with Crippen LogP contribution in [-0.2, 0) is 0 Å². The van der Waals surface area contributed by atoms with E-state index in [1.54, 1.807) is 0 Å². The molecule has 0 fully saturated rings. The van der Waals surface area contributed by atoms with Gasteiger partial charge in [0.1, 0.15) is 0 Å². The number of hydrogen-bond acceptors (Lipinski definition) is 0. The van der Waals surface area contributed by atoms with E-state index in [1.165, 1.54) is 22.3 Å². The first kappa shape index (κ1) is 13.6. The zero-order valence-electron chi connectivity index (χ0n) is 12.3. The van der Waals surface area contributed by atoms with Crippen molar-refractivity contribution < 1.29 is 0 Å². The minimum Gasteiger partial charge on any atom is -0.0674 e. The highest BCUT2D eigenvalue weighted by atomic mass is 14.2. The Labute approximate surface area is 116 Å². The lowest BCUT2D eigenvalue weighted by atomic mass is 9.86. The Hall–Kier alpha value is -1.82. The van der Waals surface area contributed by atoms with E-state index in [-0.39, 0.29) is 5.41 Å². The topological polar surface area (TPSA) is 0 Å². The van der Waals surface area contributed by atoms with Gasteiger partial charge in [-0.1, -0.05) is 87.0 Å². The fourth-order valence-electron chi connectivity index (χ4n) is 1.87. The SMILES string of the molecule is C/C(=C/c1ccc(-c2ccccc2)cc1)C(C)(C)C. The maximum Gasteiger partial charge on any atom is -0.0172 e. The Balaban J connectivity index is 2.25. The van der Waals surface area contributed by atoms with Crippen LogP contribution in [-0.4, -0.2) is 0 Å². The first-order valence-corrected chi connectivity index (χ1v) is 6.81. The molecule has 0 heteroatoms. The molecule has 0 saturated heterocycles. The zero-order valence-corrected chi connectivity index (χ0v) is 12.3. The van der Waals surface area contributed by atoms with Gasteiger partial charge in [0.25, 0.3) is 0 Å². The molecule has 0 nitrogen and oxygen atoms in total. The van der Waals surface area contributed by atoms with Gasteiger partial charge in [0.2, 0.25) is 0 Å². The van der Waals surface area contributed by atoms with Crippen LogP contribution >= 0.6 is 0 Å². The molecule has 19 heavy (non-hydrogen) atoms. The maximum absolute atomic E-state index is 2.27. The molecule has 0 bridgehead atoms. The standard InChI is InChI=1S/C19H22/c1-15(19(2,3)4)14-16-10-12-18(13-11-16)17-8-6-5-7-9-17/h5-14H,1-4H3/b15-14-. The first-order valence-electron chi connectivity index (χ1n) is 6.81. The Morgan fingerprint density at radius 1 is 0.789 bits per heavy atom. The van der Waals surface area contributed by atoms with Crippen LogP contribution in [0.1, 0.15) is 33.3 Å². The van der Waals surface area contributed by atoms with Crippen LogP contribution in [0.15, 0.2) is 60.2 Å². The van der Waals surface area contributed by atoms with Crippen molar-refractivity contribution in [2.24, 2.45) is 5.41 Å². The molecule has 0 aliphatic heterocycles. The second kappa shape index (κ2) is 5.44. The lowest BCUT2D eigenvalue weighted by Gasteiger charge is -2.19. The molecule has 0 saturated carbocycles. The number of benzene rings is 2. The zero-order chi connectivity index (χ0) is 13.9. The smallest absolute Gasteiger partial charge is 0.0172 e. The van der Waals surface area contributed by atoms with Crippen molar-refractivity contribution >= 4 is 6.08 Å². The van der Waals surface area contributed by atoms with E-state index < -0.39 is 0 Å². The van der Waals surface area contributed by atoms with Crippen molar-refractivity contribution in [3.63, 3.8) is 0 Å². The summed E-state index contributed by atoms with van der Waals surface area (Å²) in [6, 6.07) is 19.3. The van der Waals surface area contributed by atoms with E-state index in [1.807, 2.05) is 6.07 Å². The van der Waals surface area contributed by atoms with Gasteiger partial charge in [0.15, 0.2) is 0 Å². The normalized spacial score (nSPS) is 12.5. The van der Waals surface area contributed by atoms with Crippen molar-refractivity contribution in [1.29, 1.82) is 0 Å². The van der Waals surface area contributed by atoms with Crippen molar-refractivity contribution in [3.8, 4) is 11.1 Å².